The smallest absolute Gasteiger partial charge is 0.321 e. The van der Waals surface area contributed by atoms with Crippen molar-refractivity contribution >= 4 is 22.7 Å². The topological polar surface area (TPSA) is 63.5 Å². The summed E-state index contributed by atoms with van der Waals surface area (Å²) in [4.78, 5) is 20.1. The first kappa shape index (κ1) is 17.0. The molecule has 0 spiro atoms. The van der Waals surface area contributed by atoms with Crippen molar-refractivity contribution in [3.63, 3.8) is 0 Å². The van der Waals surface area contributed by atoms with E-state index in [1.807, 2.05) is 24.3 Å². The lowest BCUT2D eigenvalue weighted by Crippen LogP contribution is -2.19. The molecule has 0 bridgehead atoms. The van der Waals surface area contributed by atoms with Crippen molar-refractivity contribution in [1.29, 1.82) is 0 Å². The Balaban J connectivity index is 1.30. The lowest BCUT2D eigenvalue weighted by atomic mass is 10.1. The van der Waals surface area contributed by atoms with Crippen LogP contribution in [0.25, 0.3) is 16.5 Å². The van der Waals surface area contributed by atoms with E-state index in [9.17, 15) is 0 Å². The molecule has 0 N–H and O–H groups in total. The Bertz CT molecular complexity index is 1050. The molecule has 2 aromatic heterocycles. The fourth-order valence-corrected chi connectivity index (χ4v) is 3.64. The molecule has 0 saturated carbocycles. The molecule has 1 saturated heterocycles. The molecule has 140 valence electrons. The van der Waals surface area contributed by atoms with E-state index in [4.69, 9.17) is 9.72 Å². The summed E-state index contributed by atoms with van der Waals surface area (Å²) in [5.74, 6) is 0.706. The second-order valence-electron chi connectivity index (χ2n) is 7.18. The number of fused-ring (bicyclic) bond motifs is 1. The Labute approximate surface area is 163 Å². The number of ether oxygens (including phenoxy) is 1. The maximum absolute atomic E-state index is 5.83. The average Bonchev–Trinajstić information content (AvgIpc) is 3.43. The zero-order chi connectivity index (χ0) is 18.8. The quantitative estimate of drug-likeness (QED) is 0.681. The Morgan fingerprint density at radius 1 is 1.00 bits per heavy atom. The molecule has 3 aromatic rings. The van der Waals surface area contributed by atoms with Gasteiger partial charge in [0.2, 0.25) is 0 Å². The highest BCUT2D eigenvalue weighted by Gasteiger charge is 2.13. The third kappa shape index (κ3) is 3.64. The molecule has 6 heteroatoms. The predicted molar refractivity (Wildman–Crippen MR) is 110 cm³/mol. The van der Waals surface area contributed by atoms with E-state index in [0.29, 0.717) is 18.3 Å². The van der Waals surface area contributed by atoms with Gasteiger partial charge in [0, 0.05) is 36.1 Å². The van der Waals surface area contributed by atoms with E-state index in [-0.39, 0.29) is 0 Å². The molecule has 1 fully saturated rings. The summed E-state index contributed by atoms with van der Waals surface area (Å²) in [6, 6.07) is 10.4. The highest BCUT2D eigenvalue weighted by atomic mass is 16.5. The number of hydrogen-bond donors (Lipinski definition) is 0. The van der Waals surface area contributed by atoms with Gasteiger partial charge in [-0.15, -0.1) is 0 Å². The molecule has 0 radical (unpaired) electrons. The molecular formula is C22H21N5O. The Morgan fingerprint density at radius 2 is 1.86 bits per heavy atom. The lowest BCUT2D eigenvalue weighted by Gasteiger charge is -2.14. The molecule has 0 unspecified atom stereocenters. The van der Waals surface area contributed by atoms with Gasteiger partial charge >= 0.3 is 6.01 Å². The van der Waals surface area contributed by atoms with Crippen molar-refractivity contribution in [3.8, 4) is 11.8 Å². The number of pyridine rings is 1. The first-order valence-corrected chi connectivity index (χ1v) is 9.65. The van der Waals surface area contributed by atoms with E-state index < -0.39 is 0 Å². The van der Waals surface area contributed by atoms with Crippen molar-refractivity contribution in [2.24, 2.45) is 4.99 Å². The zero-order valence-corrected chi connectivity index (χ0v) is 15.6. The number of allylic oxidation sites excluding steroid dienone is 1. The van der Waals surface area contributed by atoms with Crippen LogP contribution in [0.1, 0.15) is 24.1 Å². The van der Waals surface area contributed by atoms with Gasteiger partial charge in [0.15, 0.2) is 0 Å². The summed E-state index contributed by atoms with van der Waals surface area (Å²) in [7, 11) is 0. The number of benzene rings is 1. The second kappa shape index (κ2) is 7.48. The molecule has 5 rings (SSSR count). The van der Waals surface area contributed by atoms with E-state index >= 15 is 0 Å². The van der Waals surface area contributed by atoms with Gasteiger partial charge in [0.1, 0.15) is 5.75 Å². The maximum Gasteiger partial charge on any atom is 0.321 e. The minimum Gasteiger partial charge on any atom is -0.424 e. The van der Waals surface area contributed by atoms with Gasteiger partial charge in [-0.3, -0.25) is 14.9 Å². The molecule has 0 aliphatic carbocycles. The van der Waals surface area contributed by atoms with E-state index in [1.165, 1.54) is 25.9 Å². The average molecular weight is 371 g/mol. The number of likely N-dealkylation sites (tertiary alicyclic amines) is 1. The van der Waals surface area contributed by atoms with Crippen LogP contribution in [0.4, 0.5) is 0 Å². The summed E-state index contributed by atoms with van der Waals surface area (Å²) in [6.07, 6.45) is 9.92. The van der Waals surface area contributed by atoms with E-state index in [1.54, 1.807) is 18.6 Å². The van der Waals surface area contributed by atoms with Gasteiger partial charge in [0.25, 0.3) is 0 Å². The number of rotatable bonds is 5. The lowest BCUT2D eigenvalue weighted by molar-refractivity contribution is 0.327. The summed E-state index contributed by atoms with van der Waals surface area (Å²) in [5.41, 5.74) is 4.19. The predicted octanol–water partition coefficient (Wildman–Crippen LogP) is 3.88. The maximum atomic E-state index is 5.83. The number of nitrogens with zero attached hydrogens (tertiary/aromatic N) is 5. The summed E-state index contributed by atoms with van der Waals surface area (Å²) >= 11 is 0. The third-order valence-electron chi connectivity index (χ3n) is 5.15. The van der Waals surface area contributed by atoms with Crippen LogP contribution in [0.15, 0.2) is 53.8 Å². The van der Waals surface area contributed by atoms with E-state index in [0.717, 1.165) is 34.3 Å². The van der Waals surface area contributed by atoms with Crippen LogP contribution in [0.3, 0.4) is 0 Å². The SMILES string of the molecule is C1=NCC(c2cnc(Oc3ccc4nc(CN5CCCC5)ccc4c3)nc2)=C1. The van der Waals surface area contributed by atoms with Crippen LogP contribution in [0.5, 0.6) is 11.8 Å². The highest BCUT2D eigenvalue weighted by Crippen LogP contribution is 2.24. The van der Waals surface area contributed by atoms with Gasteiger partial charge < -0.3 is 4.74 Å². The molecule has 0 amide bonds. The van der Waals surface area contributed by atoms with Crippen molar-refractivity contribution in [1.82, 2.24) is 19.9 Å². The van der Waals surface area contributed by atoms with Crippen LogP contribution >= 0.6 is 0 Å². The minimum absolute atomic E-state index is 0.334. The van der Waals surface area contributed by atoms with Gasteiger partial charge in [-0.25, -0.2) is 9.97 Å². The normalized spacial score (nSPS) is 16.6. The largest absolute Gasteiger partial charge is 0.424 e. The number of aliphatic imine (C=N–C) groups is 1. The van der Waals surface area contributed by atoms with Crippen LogP contribution in [-0.2, 0) is 6.54 Å². The van der Waals surface area contributed by atoms with Crippen molar-refractivity contribution in [2.45, 2.75) is 19.4 Å². The van der Waals surface area contributed by atoms with Crippen LogP contribution in [0, 0.1) is 0 Å². The Kier molecular flexibility index (Phi) is 4.54. The second-order valence-corrected chi connectivity index (χ2v) is 7.18. The van der Waals surface area contributed by atoms with Crippen LogP contribution < -0.4 is 4.74 Å². The number of aromatic nitrogens is 3. The van der Waals surface area contributed by atoms with Gasteiger partial charge in [0.05, 0.1) is 17.8 Å². The van der Waals surface area contributed by atoms with Crippen molar-refractivity contribution < 1.29 is 4.74 Å². The molecule has 2 aliphatic rings. The van der Waals surface area contributed by atoms with Gasteiger partial charge in [-0.05, 0) is 61.8 Å². The first-order chi connectivity index (χ1) is 13.8. The number of hydrogen-bond acceptors (Lipinski definition) is 6. The van der Waals surface area contributed by atoms with Gasteiger partial charge in [-0.2, -0.15) is 0 Å². The highest BCUT2D eigenvalue weighted by molar-refractivity contribution is 5.89. The molecule has 6 nitrogen and oxygen atoms in total. The monoisotopic (exact) mass is 371 g/mol. The fraction of sp³-hybridized carbons (Fsp3) is 0.273. The van der Waals surface area contributed by atoms with Crippen molar-refractivity contribution in [3.05, 3.63) is 60.1 Å². The van der Waals surface area contributed by atoms with Crippen molar-refractivity contribution in [2.75, 3.05) is 19.6 Å². The van der Waals surface area contributed by atoms with Gasteiger partial charge in [-0.1, -0.05) is 6.07 Å². The molecular weight excluding hydrogens is 350 g/mol. The minimum atomic E-state index is 0.334. The first-order valence-electron chi connectivity index (χ1n) is 9.65. The standard InChI is InChI=1S/C22H21N5O/c1-2-10-27(9-1)15-19-4-3-16-11-20(5-6-21(16)26-19)28-22-24-13-18(14-25-22)17-7-8-23-12-17/h3-8,11,13-14H,1-2,9-10,12,15H2. The third-order valence-corrected chi connectivity index (χ3v) is 5.15. The molecule has 28 heavy (non-hydrogen) atoms. The summed E-state index contributed by atoms with van der Waals surface area (Å²) in [5, 5.41) is 1.05. The van der Waals surface area contributed by atoms with E-state index in [2.05, 4.69) is 32.0 Å². The van der Waals surface area contributed by atoms with Crippen LogP contribution in [-0.4, -0.2) is 45.7 Å². The zero-order valence-electron chi connectivity index (χ0n) is 15.6. The Morgan fingerprint density at radius 3 is 2.64 bits per heavy atom. The van der Waals surface area contributed by atoms with Crippen LogP contribution in [0.2, 0.25) is 0 Å². The molecule has 2 aliphatic heterocycles. The summed E-state index contributed by atoms with van der Waals surface area (Å²) < 4.78 is 5.83. The molecule has 1 aromatic carbocycles. The molecule has 0 atom stereocenters. The summed E-state index contributed by atoms with van der Waals surface area (Å²) in [6.45, 7) is 3.96. The fourth-order valence-electron chi connectivity index (χ4n) is 3.64. The Hall–Kier alpha value is -3.12. The molecule has 4 heterocycles.